The van der Waals surface area contributed by atoms with Gasteiger partial charge in [-0.05, 0) is 71.1 Å². The number of fused-ring (bicyclic) bond motifs is 1. The predicted molar refractivity (Wildman–Crippen MR) is 181 cm³/mol. The number of carboxylic acids is 1. The predicted octanol–water partition coefficient (Wildman–Crippen LogP) is 5.00. The first-order valence-corrected chi connectivity index (χ1v) is 16.6. The molecule has 0 fully saturated rings. The van der Waals surface area contributed by atoms with Gasteiger partial charge in [-0.1, -0.05) is 18.2 Å². The summed E-state index contributed by atoms with van der Waals surface area (Å²) in [7, 11) is -1.26. The Morgan fingerprint density at radius 1 is 0.922 bits per heavy atom. The van der Waals surface area contributed by atoms with E-state index in [1.165, 1.54) is 62.0 Å². The molecule has 3 N–H and O–H groups in total. The molecule has 1 atom stereocenters. The number of aliphatic carboxylic acids is 1. The maximum atomic E-state index is 15.2. The van der Waals surface area contributed by atoms with E-state index in [4.69, 9.17) is 9.47 Å². The molecule has 0 saturated heterocycles. The van der Waals surface area contributed by atoms with E-state index in [1.54, 1.807) is 42.6 Å². The summed E-state index contributed by atoms with van der Waals surface area (Å²) in [4.78, 5) is 33.3. The van der Waals surface area contributed by atoms with E-state index in [1.807, 2.05) is 0 Å². The van der Waals surface area contributed by atoms with Crippen molar-refractivity contribution in [2.75, 3.05) is 18.9 Å². The molecule has 0 unspecified atom stereocenters. The number of anilines is 1. The van der Waals surface area contributed by atoms with Crippen molar-refractivity contribution in [3.8, 4) is 28.3 Å². The van der Waals surface area contributed by atoms with Gasteiger partial charge in [0, 0.05) is 24.2 Å². The average Bonchev–Trinajstić information content (AvgIpc) is 3.66. The summed E-state index contributed by atoms with van der Waals surface area (Å²) in [6.07, 6.45) is 5.59. The molecule has 4 aromatic carbocycles. The van der Waals surface area contributed by atoms with Crippen LogP contribution in [0.5, 0.6) is 11.5 Å². The molecule has 51 heavy (non-hydrogen) atoms. The highest BCUT2D eigenvalue weighted by molar-refractivity contribution is 7.92. The van der Waals surface area contributed by atoms with Crippen molar-refractivity contribution >= 4 is 38.4 Å². The van der Waals surface area contributed by atoms with Gasteiger partial charge in [0.25, 0.3) is 15.9 Å². The van der Waals surface area contributed by atoms with Crippen molar-refractivity contribution in [1.29, 1.82) is 0 Å². The highest BCUT2D eigenvalue weighted by atomic mass is 32.2. The summed E-state index contributed by atoms with van der Waals surface area (Å²) in [5.74, 6) is -4.57. The first kappa shape index (κ1) is 34.4. The maximum Gasteiger partial charge on any atom is 0.326 e. The van der Waals surface area contributed by atoms with Crippen LogP contribution in [-0.4, -0.2) is 65.4 Å². The Kier molecular flexibility index (Phi) is 9.59. The van der Waals surface area contributed by atoms with E-state index in [2.05, 4.69) is 25.1 Å². The molecular formula is C35H28F2N6O7S. The first-order chi connectivity index (χ1) is 24.5. The van der Waals surface area contributed by atoms with Crippen LogP contribution in [-0.2, 0) is 21.2 Å². The third kappa shape index (κ3) is 7.02. The number of carbonyl (C=O) groups excluding carboxylic acids is 1. The number of methoxy groups -OCH3 is 2. The van der Waals surface area contributed by atoms with Crippen LogP contribution in [0.3, 0.4) is 0 Å². The van der Waals surface area contributed by atoms with Gasteiger partial charge in [0.1, 0.15) is 47.4 Å². The highest BCUT2D eigenvalue weighted by Crippen LogP contribution is 2.42. The number of hydrogen-bond donors (Lipinski definition) is 3. The van der Waals surface area contributed by atoms with E-state index in [0.717, 1.165) is 0 Å². The van der Waals surface area contributed by atoms with E-state index >= 15 is 8.78 Å². The minimum atomic E-state index is -4.30. The number of nitrogens with one attached hydrogen (secondary N) is 2. The van der Waals surface area contributed by atoms with Crippen molar-refractivity contribution in [1.82, 2.24) is 25.1 Å². The number of carbonyl (C=O) groups is 2. The summed E-state index contributed by atoms with van der Waals surface area (Å²) < 4.78 is 71.0. The molecular weight excluding hydrogens is 686 g/mol. The topological polar surface area (TPSA) is 175 Å². The van der Waals surface area contributed by atoms with Gasteiger partial charge in [0.05, 0.1) is 36.1 Å². The van der Waals surface area contributed by atoms with Crippen LogP contribution < -0.4 is 19.5 Å². The number of ether oxygens (including phenoxy) is 2. The summed E-state index contributed by atoms with van der Waals surface area (Å²) in [5.41, 5.74) is 0.772. The Bertz CT molecular complexity index is 2330. The van der Waals surface area contributed by atoms with Crippen LogP contribution >= 0.6 is 0 Å². The van der Waals surface area contributed by atoms with E-state index in [-0.39, 0.29) is 11.3 Å². The smallest absolute Gasteiger partial charge is 0.326 e. The summed E-state index contributed by atoms with van der Waals surface area (Å²) in [6.45, 7) is 0. The fourth-order valence-corrected chi connectivity index (χ4v) is 6.64. The Hall–Kier alpha value is -6.42. The fraction of sp³-hybridized carbons (Fsp3) is 0.114. The number of rotatable bonds is 12. The molecule has 1 amide bonds. The molecule has 2 heterocycles. The van der Waals surface area contributed by atoms with Crippen LogP contribution in [0, 0.1) is 11.6 Å². The zero-order chi connectivity index (χ0) is 36.3. The molecule has 6 rings (SSSR count). The maximum absolute atomic E-state index is 15.2. The van der Waals surface area contributed by atoms with Crippen LogP contribution in [0.15, 0.2) is 103 Å². The third-order valence-corrected chi connectivity index (χ3v) is 9.38. The second-order valence-corrected chi connectivity index (χ2v) is 12.7. The zero-order valence-electron chi connectivity index (χ0n) is 26.9. The van der Waals surface area contributed by atoms with Gasteiger partial charge >= 0.3 is 5.97 Å². The lowest BCUT2D eigenvalue weighted by Gasteiger charge is -2.19. The van der Waals surface area contributed by atoms with Crippen molar-refractivity contribution < 1.29 is 41.4 Å². The standard InChI is InChI=1S/C35H28F2N6O7S/c1-49-30-4-3-5-31(50-2)32(30)25-11-6-20(24-12-13-38-17-26(24)25)14-29(35(45)46)41-34(44)33-27(36)15-21(16-28(33)37)42-51(47,48)23-9-7-22(8-10-23)43-19-39-18-40-43/h3-13,15-19,29,42H,14H2,1-2H3,(H,41,44)(H,45,46)/t29-/m1/s1. The Balaban J connectivity index is 1.23. The van der Waals surface area contributed by atoms with Crippen molar-refractivity contribution in [3.63, 3.8) is 0 Å². The zero-order valence-corrected chi connectivity index (χ0v) is 27.7. The molecule has 2 aromatic heterocycles. The second-order valence-electron chi connectivity index (χ2n) is 11.1. The fourth-order valence-electron chi connectivity index (χ4n) is 5.60. The van der Waals surface area contributed by atoms with E-state index in [0.29, 0.717) is 56.8 Å². The molecule has 0 radical (unpaired) electrons. The van der Waals surface area contributed by atoms with Crippen molar-refractivity contribution in [2.45, 2.75) is 17.4 Å². The molecule has 13 nitrogen and oxygen atoms in total. The molecule has 0 aliphatic heterocycles. The lowest BCUT2D eigenvalue weighted by atomic mass is 9.92. The minimum Gasteiger partial charge on any atom is -0.496 e. The summed E-state index contributed by atoms with van der Waals surface area (Å²) >= 11 is 0. The minimum absolute atomic E-state index is 0.211. The van der Waals surface area contributed by atoms with Gasteiger partial charge in [0.2, 0.25) is 0 Å². The lowest BCUT2D eigenvalue weighted by molar-refractivity contribution is -0.139. The third-order valence-electron chi connectivity index (χ3n) is 7.98. The number of pyridine rings is 1. The van der Waals surface area contributed by atoms with E-state index in [9.17, 15) is 23.1 Å². The number of amides is 1. The normalized spacial score (nSPS) is 11.9. The number of carboxylic acid groups (broad SMARTS) is 1. The number of halogens is 2. The lowest BCUT2D eigenvalue weighted by Crippen LogP contribution is -2.43. The van der Waals surface area contributed by atoms with Crippen LogP contribution in [0.4, 0.5) is 14.5 Å². The number of sulfonamides is 1. The van der Waals surface area contributed by atoms with Gasteiger partial charge < -0.3 is 19.9 Å². The average molecular weight is 715 g/mol. The number of aromatic nitrogens is 4. The van der Waals surface area contributed by atoms with Gasteiger partial charge in [-0.2, -0.15) is 5.10 Å². The quantitative estimate of drug-likeness (QED) is 0.156. The van der Waals surface area contributed by atoms with Crippen molar-refractivity contribution in [2.24, 2.45) is 0 Å². The Morgan fingerprint density at radius 2 is 1.61 bits per heavy atom. The molecule has 6 aromatic rings. The number of hydrogen-bond acceptors (Lipinski definition) is 9. The largest absolute Gasteiger partial charge is 0.496 e. The Morgan fingerprint density at radius 3 is 2.22 bits per heavy atom. The molecule has 0 spiro atoms. The van der Waals surface area contributed by atoms with Gasteiger partial charge in [0.15, 0.2) is 0 Å². The van der Waals surface area contributed by atoms with Gasteiger partial charge in [-0.15, -0.1) is 0 Å². The number of nitrogens with zero attached hydrogens (tertiary/aromatic N) is 4. The monoisotopic (exact) mass is 714 g/mol. The molecule has 16 heteroatoms. The highest BCUT2D eigenvalue weighted by Gasteiger charge is 2.27. The van der Waals surface area contributed by atoms with Gasteiger partial charge in [-0.3, -0.25) is 14.5 Å². The first-order valence-electron chi connectivity index (χ1n) is 15.1. The van der Waals surface area contributed by atoms with Gasteiger partial charge in [-0.25, -0.2) is 31.7 Å². The molecule has 260 valence electrons. The van der Waals surface area contributed by atoms with Crippen molar-refractivity contribution in [3.05, 3.63) is 121 Å². The molecule has 0 bridgehead atoms. The number of benzene rings is 4. The summed E-state index contributed by atoms with van der Waals surface area (Å²) in [6, 6.07) is 15.5. The molecule has 0 aliphatic carbocycles. The SMILES string of the molecule is COc1cccc(OC)c1-c1ccc(C[C@@H](NC(=O)c2c(F)cc(NS(=O)(=O)c3ccc(-n4cncn4)cc3)cc2F)C(=O)O)c2ccncc12. The van der Waals surface area contributed by atoms with E-state index < -0.39 is 50.8 Å². The molecule has 0 saturated carbocycles. The van der Waals surface area contributed by atoms with Crippen LogP contribution in [0.1, 0.15) is 15.9 Å². The van der Waals surface area contributed by atoms with Crippen LogP contribution in [0.2, 0.25) is 0 Å². The molecule has 0 aliphatic rings. The second kappa shape index (κ2) is 14.2. The Labute approximate surface area is 289 Å². The van der Waals surface area contributed by atoms with Crippen LogP contribution in [0.25, 0.3) is 27.6 Å². The summed E-state index contributed by atoms with van der Waals surface area (Å²) in [5, 5.41) is 17.4.